The van der Waals surface area contributed by atoms with Crippen molar-refractivity contribution >= 4 is 29.4 Å². The number of rotatable bonds is 2. The van der Waals surface area contributed by atoms with E-state index in [1.54, 1.807) is 11.1 Å². The van der Waals surface area contributed by atoms with Crippen LogP contribution in [0.3, 0.4) is 0 Å². The molecule has 0 bridgehead atoms. The van der Waals surface area contributed by atoms with E-state index >= 15 is 0 Å². The van der Waals surface area contributed by atoms with Gasteiger partial charge in [0, 0.05) is 6.20 Å². The number of nitrogens with zero attached hydrogens (tertiary/aromatic N) is 2. The van der Waals surface area contributed by atoms with E-state index in [0.29, 0.717) is 0 Å². The Labute approximate surface area is 175 Å². The molecule has 3 aliphatic rings. The molecule has 0 aromatic heterocycles. The molecule has 3 aliphatic heterocycles. The van der Waals surface area contributed by atoms with Gasteiger partial charge in [0.2, 0.25) is 11.8 Å². The Balaban J connectivity index is 1.62. The van der Waals surface area contributed by atoms with Crippen molar-refractivity contribution in [3.8, 4) is 0 Å². The average molecular weight is 426 g/mol. The summed E-state index contributed by atoms with van der Waals surface area (Å²) in [5.74, 6) is -3.32. The Morgan fingerprint density at radius 2 is 1.68 bits per heavy atom. The van der Waals surface area contributed by atoms with Gasteiger partial charge in [-0.1, -0.05) is 30.3 Å². The lowest BCUT2D eigenvalue weighted by molar-refractivity contribution is -0.137. The summed E-state index contributed by atoms with van der Waals surface area (Å²) in [5, 5.41) is 0. The van der Waals surface area contributed by atoms with Crippen LogP contribution >= 0.6 is 0 Å². The summed E-state index contributed by atoms with van der Waals surface area (Å²) in [6, 6.07) is 10.2. The Morgan fingerprint density at radius 1 is 0.968 bits per heavy atom. The Hall–Kier alpha value is -3.42. The number of anilines is 1. The van der Waals surface area contributed by atoms with Crippen molar-refractivity contribution in [2.75, 3.05) is 4.90 Å². The topological polar surface area (TPSA) is 57.7 Å². The molecule has 0 spiro atoms. The van der Waals surface area contributed by atoms with Crippen molar-refractivity contribution in [2.24, 2.45) is 11.8 Å². The molecule has 2 aromatic rings. The largest absolute Gasteiger partial charge is 0.416 e. The average Bonchev–Trinajstić information content (AvgIpc) is 3.20. The van der Waals surface area contributed by atoms with Crippen molar-refractivity contribution in [1.29, 1.82) is 0 Å². The minimum absolute atomic E-state index is 0.132. The number of ketones is 1. The number of fused-ring (bicyclic) bond motifs is 5. The van der Waals surface area contributed by atoms with Crippen LogP contribution in [-0.2, 0) is 20.6 Å². The molecular formula is C23H17F3N2O3. The highest BCUT2D eigenvalue weighted by Gasteiger charge is 2.64. The highest BCUT2D eigenvalue weighted by Crippen LogP contribution is 2.53. The summed E-state index contributed by atoms with van der Waals surface area (Å²) in [7, 11) is 0. The first-order chi connectivity index (χ1) is 14.7. The third-order valence-corrected chi connectivity index (χ3v) is 6.31. The summed E-state index contributed by atoms with van der Waals surface area (Å²) >= 11 is 0. The van der Waals surface area contributed by atoms with Gasteiger partial charge in [-0.2, -0.15) is 13.2 Å². The molecule has 0 aliphatic carbocycles. The Morgan fingerprint density at radius 3 is 2.39 bits per heavy atom. The van der Waals surface area contributed by atoms with E-state index in [1.165, 1.54) is 19.1 Å². The molecule has 0 unspecified atom stereocenters. The number of halogens is 3. The number of carbonyl (C=O) groups is 3. The van der Waals surface area contributed by atoms with E-state index < -0.39 is 47.5 Å². The number of amides is 2. The van der Waals surface area contributed by atoms with Crippen LogP contribution in [-0.4, -0.2) is 28.5 Å². The van der Waals surface area contributed by atoms with Gasteiger partial charge < -0.3 is 4.90 Å². The van der Waals surface area contributed by atoms with Gasteiger partial charge >= 0.3 is 6.18 Å². The van der Waals surface area contributed by atoms with Crippen LogP contribution in [0.15, 0.2) is 54.7 Å². The molecule has 2 aromatic carbocycles. The summed E-state index contributed by atoms with van der Waals surface area (Å²) in [6.07, 6.45) is -1.04. The number of hydrogen-bond donors (Lipinski definition) is 0. The first-order valence-electron chi connectivity index (χ1n) is 9.80. The maximum atomic E-state index is 13.5. The highest BCUT2D eigenvalue weighted by molar-refractivity contribution is 6.24. The van der Waals surface area contributed by atoms with Crippen molar-refractivity contribution in [3.05, 3.63) is 71.4 Å². The molecular weight excluding hydrogens is 409 g/mol. The molecule has 2 fully saturated rings. The fourth-order valence-corrected chi connectivity index (χ4v) is 5.10. The van der Waals surface area contributed by atoms with E-state index in [1.807, 2.05) is 30.3 Å². The molecule has 31 heavy (non-hydrogen) atoms. The van der Waals surface area contributed by atoms with Gasteiger partial charge in [-0.25, -0.2) is 4.90 Å². The molecule has 0 radical (unpaired) electrons. The standard InChI is InChI=1S/C23H17F3N2O3/c1-12(29)19-17-18(20-16-8-3-2-5-13(16)9-10-27(19)20)22(31)28(21(17)30)15-7-4-6-14(11-15)23(24,25)26/h2-11,17-20H,1H3/t17-,18-,19-,20-/m1/s1. The second-order valence-electron chi connectivity index (χ2n) is 8.00. The van der Waals surface area contributed by atoms with Gasteiger partial charge in [0.1, 0.15) is 0 Å². The van der Waals surface area contributed by atoms with Crippen molar-refractivity contribution in [1.82, 2.24) is 4.90 Å². The smallest absolute Gasteiger partial charge is 0.359 e. The first-order valence-corrected chi connectivity index (χ1v) is 9.80. The zero-order chi connectivity index (χ0) is 22.1. The predicted molar refractivity (Wildman–Crippen MR) is 105 cm³/mol. The quantitative estimate of drug-likeness (QED) is 0.686. The second kappa shape index (κ2) is 6.54. The number of carbonyl (C=O) groups excluding carboxylic acids is 3. The molecule has 8 heteroatoms. The van der Waals surface area contributed by atoms with E-state index in [2.05, 4.69) is 0 Å². The SMILES string of the molecule is CC(=O)[C@@H]1[C@@H]2C(=O)N(c3cccc(C(F)(F)F)c3)C(=O)[C@H]2[C@H]2c3ccccc3C=CN12. The van der Waals surface area contributed by atoms with Crippen LogP contribution in [0, 0.1) is 11.8 Å². The van der Waals surface area contributed by atoms with Crippen molar-refractivity contribution < 1.29 is 27.6 Å². The molecule has 5 rings (SSSR count). The summed E-state index contributed by atoms with van der Waals surface area (Å²) in [6.45, 7) is 1.36. The van der Waals surface area contributed by atoms with Gasteiger partial charge in [0.15, 0.2) is 5.78 Å². The molecule has 4 atom stereocenters. The zero-order valence-electron chi connectivity index (χ0n) is 16.3. The normalized spacial score (nSPS) is 26.7. The minimum atomic E-state index is -4.61. The molecule has 3 heterocycles. The fraction of sp³-hybridized carbons (Fsp3) is 0.261. The van der Waals surface area contributed by atoms with Crippen LogP contribution in [0.25, 0.3) is 6.08 Å². The summed E-state index contributed by atoms with van der Waals surface area (Å²) in [5.41, 5.74) is 0.617. The molecule has 2 amide bonds. The van der Waals surface area contributed by atoms with Gasteiger partial charge in [-0.3, -0.25) is 14.4 Å². The number of imide groups is 1. The molecule has 5 nitrogen and oxygen atoms in total. The maximum Gasteiger partial charge on any atom is 0.416 e. The molecule has 158 valence electrons. The van der Waals surface area contributed by atoms with Gasteiger partial charge in [0.25, 0.3) is 0 Å². The van der Waals surface area contributed by atoms with Gasteiger partial charge in [-0.15, -0.1) is 0 Å². The van der Waals surface area contributed by atoms with Crippen LogP contribution in [0.5, 0.6) is 0 Å². The van der Waals surface area contributed by atoms with E-state index in [9.17, 15) is 27.6 Å². The van der Waals surface area contributed by atoms with Crippen LogP contribution in [0.4, 0.5) is 18.9 Å². The van der Waals surface area contributed by atoms with E-state index in [-0.39, 0.29) is 11.5 Å². The van der Waals surface area contributed by atoms with Crippen LogP contribution in [0.2, 0.25) is 0 Å². The predicted octanol–water partition coefficient (Wildman–Crippen LogP) is 3.81. The number of alkyl halides is 3. The number of hydrogen-bond acceptors (Lipinski definition) is 4. The Kier molecular flexibility index (Phi) is 4.12. The minimum Gasteiger partial charge on any atom is -0.359 e. The van der Waals surface area contributed by atoms with E-state index in [4.69, 9.17) is 0 Å². The lowest BCUT2D eigenvalue weighted by Crippen LogP contribution is -2.43. The fourth-order valence-electron chi connectivity index (χ4n) is 5.10. The highest BCUT2D eigenvalue weighted by atomic mass is 19.4. The van der Waals surface area contributed by atoms with Crippen LogP contribution < -0.4 is 4.90 Å². The molecule has 2 saturated heterocycles. The monoisotopic (exact) mass is 426 g/mol. The number of Topliss-reactive ketones (excluding diaryl/α,β-unsaturated/α-hetero) is 1. The lowest BCUT2D eigenvalue weighted by Gasteiger charge is -2.35. The molecule has 0 saturated carbocycles. The molecule has 0 N–H and O–H groups in total. The van der Waals surface area contributed by atoms with Crippen molar-refractivity contribution in [2.45, 2.75) is 25.2 Å². The van der Waals surface area contributed by atoms with Crippen molar-refractivity contribution in [3.63, 3.8) is 0 Å². The van der Waals surface area contributed by atoms with Gasteiger partial charge in [0.05, 0.1) is 35.2 Å². The first kappa shape index (κ1) is 19.5. The Bertz CT molecular complexity index is 1160. The third-order valence-electron chi connectivity index (χ3n) is 6.31. The van der Waals surface area contributed by atoms with Gasteiger partial charge in [-0.05, 0) is 42.3 Å². The summed E-state index contributed by atoms with van der Waals surface area (Å²) in [4.78, 5) is 41.9. The third kappa shape index (κ3) is 2.74. The lowest BCUT2D eigenvalue weighted by atomic mass is 9.84. The maximum absolute atomic E-state index is 13.5. The summed E-state index contributed by atoms with van der Waals surface area (Å²) < 4.78 is 39.6. The van der Waals surface area contributed by atoms with Crippen LogP contribution in [0.1, 0.15) is 29.7 Å². The second-order valence-corrected chi connectivity index (χ2v) is 8.00. The zero-order valence-corrected chi connectivity index (χ0v) is 16.3. The number of benzene rings is 2. The van der Waals surface area contributed by atoms with E-state index in [0.717, 1.165) is 28.2 Å².